The third kappa shape index (κ3) is 8.82. The molecule has 3 aromatic rings. The lowest BCUT2D eigenvalue weighted by atomic mass is 9.94. The molecule has 54 heavy (non-hydrogen) atoms. The smallest absolute Gasteiger partial charge is 0.253 e. The van der Waals surface area contributed by atoms with E-state index in [2.05, 4.69) is 79.7 Å². The molecule has 2 saturated heterocycles. The van der Waals surface area contributed by atoms with E-state index in [1.54, 1.807) is 0 Å². The number of piperazine rings is 1. The molecule has 10 nitrogen and oxygen atoms in total. The molecule has 3 fully saturated rings. The third-order valence-corrected chi connectivity index (χ3v) is 12.3. The number of aromatic nitrogens is 1. The Labute approximate surface area is 320 Å². The summed E-state index contributed by atoms with van der Waals surface area (Å²) in [5.41, 5.74) is 7.98. The van der Waals surface area contributed by atoms with Gasteiger partial charge in [0.1, 0.15) is 0 Å². The second kappa shape index (κ2) is 17.0. The van der Waals surface area contributed by atoms with E-state index in [-0.39, 0.29) is 23.9 Å². The molecule has 2 bridgehead atoms. The van der Waals surface area contributed by atoms with Gasteiger partial charge in [-0.15, -0.1) is 0 Å². The van der Waals surface area contributed by atoms with Gasteiger partial charge in [-0.1, -0.05) is 36.4 Å². The Kier molecular flexibility index (Phi) is 12.0. The number of fused-ring (bicyclic) bond motifs is 2. The van der Waals surface area contributed by atoms with Crippen LogP contribution in [0.3, 0.4) is 0 Å². The number of nitrogens with one attached hydrogen (secondary N) is 3. The van der Waals surface area contributed by atoms with E-state index >= 15 is 0 Å². The van der Waals surface area contributed by atoms with Crippen LogP contribution in [0.2, 0.25) is 0 Å². The van der Waals surface area contributed by atoms with Crippen LogP contribution in [0.5, 0.6) is 0 Å². The Hall–Kier alpha value is -4.25. The summed E-state index contributed by atoms with van der Waals surface area (Å²) >= 11 is 0. The number of hydrogen-bond acceptors (Lipinski definition) is 7. The van der Waals surface area contributed by atoms with Crippen LogP contribution in [0.1, 0.15) is 70.9 Å². The number of carbonyl (C=O) groups is 2. The van der Waals surface area contributed by atoms with Gasteiger partial charge in [0, 0.05) is 94.1 Å². The SMILES string of the molecule is CCN(c1cc(-c2ccc(CN3CCN(CC(=O)NCC4CC5C=CC4C5)CC3)cc2)cc(C(=O)NCc2c(C)cc(C)[nH]c2=O)c1C)C1CCOCC1. The monoisotopic (exact) mass is 734 g/mol. The van der Waals surface area contributed by atoms with E-state index in [1.807, 2.05) is 32.9 Å². The highest BCUT2D eigenvalue weighted by Gasteiger charge is 2.35. The Morgan fingerprint density at radius 1 is 0.907 bits per heavy atom. The maximum absolute atomic E-state index is 13.9. The zero-order valence-corrected chi connectivity index (χ0v) is 32.6. The van der Waals surface area contributed by atoms with Gasteiger partial charge in [-0.25, -0.2) is 0 Å². The van der Waals surface area contributed by atoms with Crippen LogP contribution in [0.15, 0.2) is 59.4 Å². The predicted molar refractivity (Wildman–Crippen MR) is 215 cm³/mol. The summed E-state index contributed by atoms with van der Waals surface area (Å²) in [6.07, 6.45) is 9.09. The van der Waals surface area contributed by atoms with Crippen molar-refractivity contribution < 1.29 is 14.3 Å². The number of benzene rings is 2. The van der Waals surface area contributed by atoms with E-state index in [0.717, 1.165) is 111 Å². The van der Waals surface area contributed by atoms with Crippen molar-refractivity contribution in [3.63, 3.8) is 0 Å². The minimum absolute atomic E-state index is 0.150. The van der Waals surface area contributed by atoms with Crippen molar-refractivity contribution in [3.8, 4) is 11.1 Å². The largest absolute Gasteiger partial charge is 0.381 e. The first-order chi connectivity index (χ1) is 26.1. The molecule has 0 radical (unpaired) electrons. The number of pyridine rings is 1. The fourth-order valence-electron chi connectivity index (χ4n) is 9.19. The summed E-state index contributed by atoms with van der Waals surface area (Å²) < 4.78 is 5.69. The van der Waals surface area contributed by atoms with Gasteiger partial charge in [0.05, 0.1) is 6.54 Å². The van der Waals surface area contributed by atoms with Crippen molar-refractivity contribution in [2.75, 3.05) is 63.9 Å². The van der Waals surface area contributed by atoms with Gasteiger partial charge in [-0.3, -0.25) is 24.2 Å². The fraction of sp³-hybridized carbons (Fsp3) is 0.523. The van der Waals surface area contributed by atoms with Crippen LogP contribution in [0.4, 0.5) is 5.69 Å². The van der Waals surface area contributed by atoms with Gasteiger partial charge < -0.3 is 25.3 Å². The first-order valence-corrected chi connectivity index (χ1v) is 20.1. The summed E-state index contributed by atoms with van der Waals surface area (Å²) in [5.74, 6) is 1.96. The van der Waals surface area contributed by atoms with Crippen LogP contribution < -0.4 is 21.1 Å². The minimum atomic E-state index is -0.190. The summed E-state index contributed by atoms with van der Waals surface area (Å²) in [4.78, 5) is 49.4. The molecule has 7 rings (SSSR count). The van der Waals surface area contributed by atoms with E-state index in [4.69, 9.17) is 4.74 Å². The molecular weight excluding hydrogens is 677 g/mol. The molecule has 2 amide bonds. The summed E-state index contributed by atoms with van der Waals surface area (Å²) in [6.45, 7) is 16.2. The molecule has 1 saturated carbocycles. The Morgan fingerprint density at radius 3 is 2.31 bits per heavy atom. The molecule has 1 aromatic heterocycles. The number of anilines is 1. The molecule has 288 valence electrons. The highest BCUT2D eigenvalue weighted by molar-refractivity contribution is 5.99. The van der Waals surface area contributed by atoms with Crippen LogP contribution in [-0.2, 0) is 22.6 Å². The number of hydrogen-bond donors (Lipinski definition) is 3. The number of aromatic amines is 1. The third-order valence-electron chi connectivity index (χ3n) is 12.3. The van der Waals surface area contributed by atoms with Gasteiger partial charge in [0.2, 0.25) is 5.91 Å². The number of amides is 2. The normalized spacial score (nSPS) is 21.7. The van der Waals surface area contributed by atoms with Crippen molar-refractivity contribution in [1.29, 1.82) is 0 Å². The maximum Gasteiger partial charge on any atom is 0.253 e. The Balaban J connectivity index is 1.01. The van der Waals surface area contributed by atoms with Crippen molar-refractivity contribution >= 4 is 17.5 Å². The van der Waals surface area contributed by atoms with Crippen molar-refractivity contribution in [2.45, 2.75) is 72.5 Å². The van der Waals surface area contributed by atoms with E-state index in [0.29, 0.717) is 35.5 Å². The first-order valence-electron chi connectivity index (χ1n) is 20.1. The maximum atomic E-state index is 13.9. The second-order valence-corrected chi connectivity index (χ2v) is 16.0. The average molecular weight is 735 g/mol. The topological polar surface area (TPSA) is 110 Å². The average Bonchev–Trinajstić information content (AvgIpc) is 3.80. The van der Waals surface area contributed by atoms with Crippen LogP contribution >= 0.6 is 0 Å². The summed E-state index contributed by atoms with van der Waals surface area (Å²) in [6, 6.07) is 15.2. The van der Waals surface area contributed by atoms with Crippen LogP contribution in [0.25, 0.3) is 11.1 Å². The number of nitrogens with zero attached hydrogens (tertiary/aromatic N) is 3. The molecule has 3 atom stereocenters. The molecule has 0 spiro atoms. The number of aryl methyl sites for hydroxylation is 2. The lowest BCUT2D eigenvalue weighted by Crippen LogP contribution is -2.49. The van der Waals surface area contributed by atoms with E-state index < -0.39 is 0 Å². The molecule has 2 aliphatic heterocycles. The van der Waals surface area contributed by atoms with Crippen molar-refractivity contribution in [1.82, 2.24) is 25.4 Å². The summed E-state index contributed by atoms with van der Waals surface area (Å²) in [7, 11) is 0. The number of carbonyl (C=O) groups excluding carboxylic acids is 2. The first kappa shape index (κ1) is 38.0. The standard InChI is InChI=1S/C44H58N6O4/c1-5-50(38-12-18-54-19-13-38)41-24-36(23-39(31(41)4)43(52)46-26-40-29(2)20-30(3)47-44(40)53)34-9-6-32(7-10-34)27-48-14-16-49(17-15-48)28-42(51)45-25-37-22-33-8-11-35(37)21-33/h6-11,20,23-24,33,35,37-38H,5,12-19,21-22,25-28H2,1-4H3,(H,45,51)(H,46,52)(H,47,53). The molecule has 3 heterocycles. The molecule has 3 N–H and O–H groups in total. The lowest BCUT2D eigenvalue weighted by Gasteiger charge is -2.37. The quantitative estimate of drug-likeness (QED) is 0.203. The molecule has 4 aliphatic rings. The van der Waals surface area contributed by atoms with Gasteiger partial charge in [-0.2, -0.15) is 0 Å². The van der Waals surface area contributed by atoms with Crippen LogP contribution in [-0.4, -0.2) is 91.7 Å². The predicted octanol–water partition coefficient (Wildman–Crippen LogP) is 5.35. The molecule has 2 aliphatic carbocycles. The number of rotatable bonds is 13. The molecule has 2 aromatic carbocycles. The van der Waals surface area contributed by atoms with Crippen molar-refractivity contribution in [2.24, 2.45) is 17.8 Å². The van der Waals surface area contributed by atoms with E-state index in [9.17, 15) is 14.4 Å². The number of H-pyrrole nitrogens is 1. The lowest BCUT2D eigenvalue weighted by molar-refractivity contribution is -0.122. The Bertz CT molecular complexity index is 1890. The highest BCUT2D eigenvalue weighted by Crippen LogP contribution is 2.43. The molecular formula is C44H58N6O4. The second-order valence-electron chi connectivity index (χ2n) is 16.0. The van der Waals surface area contributed by atoms with Gasteiger partial charge in [0.25, 0.3) is 11.5 Å². The Morgan fingerprint density at radius 2 is 1.65 bits per heavy atom. The zero-order chi connectivity index (χ0) is 37.8. The van der Waals surface area contributed by atoms with E-state index in [1.165, 1.54) is 18.4 Å². The van der Waals surface area contributed by atoms with Crippen LogP contribution in [0, 0.1) is 38.5 Å². The van der Waals surface area contributed by atoms with Gasteiger partial charge in [0.15, 0.2) is 0 Å². The number of allylic oxidation sites excluding steroid dienone is 2. The highest BCUT2D eigenvalue weighted by atomic mass is 16.5. The fourth-order valence-corrected chi connectivity index (χ4v) is 9.19. The molecule has 3 unspecified atom stereocenters. The van der Waals surface area contributed by atoms with Gasteiger partial charge in [-0.05, 0) is 117 Å². The molecule has 10 heteroatoms. The summed E-state index contributed by atoms with van der Waals surface area (Å²) in [5, 5.41) is 6.28. The van der Waals surface area contributed by atoms with Crippen molar-refractivity contribution in [3.05, 3.63) is 98.5 Å². The zero-order valence-electron chi connectivity index (χ0n) is 32.6. The minimum Gasteiger partial charge on any atom is -0.381 e. The number of ether oxygens (including phenoxy) is 1. The van der Waals surface area contributed by atoms with Gasteiger partial charge >= 0.3 is 0 Å².